The van der Waals surface area contributed by atoms with Gasteiger partial charge in [0.25, 0.3) is 15.9 Å². The van der Waals surface area contributed by atoms with Gasteiger partial charge < -0.3 is 4.57 Å². The molecule has 1 N–H and O–H groups in total. The van der Waals surface area contributed by atoms with Gasteiger partial charge in [0.2, 0.25) is 0 Å². The molecule has 27 heavy (non-hydrogen) atoms. The van der Waals surface area contributed by atoms with Crippen molar-refractivity contribution in [2.45, 2.75) is 4.21 Å². The van der Waals surface area contributed by atoms with Gasteiger partial charge in [-0.1, -0.05) is 29.3 Å². The van der Waals surface area contributed by atoms with E-state index in [2.05, 4.69) is 4.98 Å². The molecule has 12 heteroatoms. The van der Waals surface area contributed by atoms with Crippen LogP contribution in [0, 0.1) is 11.6 Å². The number of hydrogen-bond donors (Lipinski definition) is 1. The first-order valence-electron chi connectivity index (χ1n) is 7.10. The van der Waals surface area contributed by atoms with Gasteiger partial charge in [-0.05, 0) is 18.2 Å². The Morgan fingerprint density at radius 2 is 1.89 bits per heavy atom. The number of nitrogens with one attached hydrogen (secondary N) is 1. The second kappa shape index (κ2) is 7.19. The minimum absolute atomic E-state index is 0.0321. The van der Waals surface area contributed by atoms with Crippen LogP contribution in [0.2, 0.25) is 9.36 Å². The van der Waals surface area contributed by atoms with Gasteiger partial charge >= 0.3 is 0 Å². The van der Waals surface area contributed by atoms with E-state index in [1.54, 1.807) is 0 Å². The molecule has 0 aliphatic carbocycles. The third kappa shape index (κ3) is 3.84. The molecule has 3 rings (SSSR count). The van der Waals surface area contributed by atoms with Crippen molar-refractivity contribution in [3.8, 4) is 11.4 Å². The van der Waals surface area contributed by atoms with Crippen molar-refractivity contribution in [3.63, 3.8) is 0 Å². The van der Waals surface area contributed by atoms with E-state index < -0.39 is 33.1 Å². The molecule has 1 aromatic carbocycles. The number of aryl methyl sites for hydroxylation is 1. The van der Waals surface area contributed by atoms with Crippen LogP contribution in [-0.2, 0) is 17.1 Å². The Morgan fingerprint density at radius 1 is 1.26 bits per heavy atom. The molecule has 0 unspecified atom stereocenters. The first kappa shape index (κ1) is 19.7. The standard InChI is InChI=1S/C15H9Cl2F2N3O3S2/c1-22-6-10(20-14(22)12-8(18)3-2-4-9(12)19)15(23)21-27(24,25)11-5-7(16)13(17)26-11/h2-6H,1H3,(H,21,23). The fourth-order valence-electron chi connectivity index (χ4n) is 2.20. The summed E-state index contributed by atoms with van der Waals surface area (Å²) in [6.45, 7) is 0. The molecule has 1 amide bonds. The van der Waals surface area contributed by atoms with Crippen molar-refractivity contribution in [2.75, 3.05) is 0 Å². The molecule has 142 valence electrons. The van der Waals surface area contributed by atoms with Crippen molar-refractivity contribution >= 4 is 50.5 Å². The maximum atomic E-state index is 13.9. The summed E-state index contributed by atoms with van der Waals surface area (Å²) in [4.78, 5) is 16.1. The van der Waals surface area contributed by atoms with Crippen LogP contribution >= 0.6 is 34.5 Å². The Morgan fingerprint density at radius 3 is 2.44 bits per heavy atom. The Bertz CT molecular complexity index is 1120. The lowest BCUT2D eigenvalue weighted by Crippen LogP contribution is -2.30. The Labute approximate surface area is 166 Å². The fraction of sp³-hybridized carbons (Fsp3) is 0.0667. The van der Waals surface area contributed by atoms with Crippen LogP contribution in [0.3, 0.4) is 0 Å². The summed E-state index contributed by atoms with van der Waals surface area (Å²) in [5.41, 5.74) is -0.772. The number of carbonyl (C=O) groups excluding carboxylic acids is 1. The zero-order valence-electron chi connectivity index (χ0n) is 13.3. The summed E-state index contributed by atoms with van der Waals surface area (Å²) in [5.74, 6) is -2.98. The van der Waals surface area contributed by atoms with Gasteiger partial charge in [-0.3, -0.25) is 4.79 Å². The van der Waals surface area contributed by atoms with E-state index in [1.807, 2.05) is 4.72 Å². The Hall–Kier alpha value is -2.01. The number of benzene rings is 1. The van der Waals surface area contributed by atoms with E-state index in [0.717, 1.165) is 24.4 Å². The van der Waals surface area contributed by atoms with Gasteiger partial charge in [0.05, 0.1) is 10.6 Å². The third-order valence-corrected chi connectivity index (χ3v) is 7.08. The lowest BCUT2D eigenvalue weighted by molar-refractivity contribution is 0.0977. The minimum Gasteiger partial charge on any atom is -0.333 e. The van der Waals surface area contributed by atoms with Gasteiger partial charge in [0.1, 0.15) is 31.7 Å². The van der Waals surface area contributed by atoms with Crippen molar-refractivity contribution in [1.29, 1.82) is 0 Å². The number of rotatable bonds is 4. The normalized spacial score (nSPS) is 11.6. The Kier molecular flexibility index (Phi) is 5.26. The zero-order valence-corrected chi connectivity index (χ0v) is 16.5. The van der Waals surface area contributed by atoms with E-state index in [1.165, 1.54) is 17.7 Å². The van der Waals surface area contributed by atoms with Crippen molar-refractivity contribution in [2.24, 2.45) is 7.05 Å². The highest BCUT2D eigenvalue weighted by atomic mass is 35.5. The average molecular weight is 452 g/mol. The van der Waals surface area contributed by atoms with Crippen molar-refractivity contribution in [3.05, 3.63) is 57.1 Å². The summed E-state index contributed by atoms with van der Waals surface area (Å²) in [7, 11) is -2.83. The van der Waals surface area contributed by atoms with Crippen molar-refractivity contribution < 1.29 is 22.0 Å². The number of amides is 1. The number of hydrogen-bond acceptors (Lipinski definition) is 5. The number of halogens is 4. The van der Waals surface area contributed by atoms with Crippen LogP contribution in [0.4, 0.5) is 8.78 Å². The van der Waals surface area contributed by atoms with Crippen LogP contribution < -0.4 is 4.72 Å². The summed E-state index contributed by atoms with van der Waals surface area (Å²) in [5, 5.41) is 0.0321. The highest BCUT2D eigenvalue weighted by Gasteiger charge is 2.25. The minimum atomic E-state index is -4.24. The number of thiophene rings is 1. The second-order valence-electron chi connectivity index (χ2n) is 5.28. The van der Waals surface area contributed by atoms with Gasteiger partial charge in [-0.2, -0.15) is 0 Å². The molecule has 6 nitrogen and oxygen atoms in total. The van der Waals surface area contributed by atoms with E-state index in [-0.39, 0.29) is 25.1 Å². The number of imidazole rings is 1. The summed E-state index contributed by atoms with van der Waals surface area (Å²) >= 11 is 12.1. The molecule has 0 fully saturated rings. The van der Waals surface area contributed by atoms with E-state index >= 15 is 0 Å². The lowest BCUT2D eigenvalue weighted by atomic mass is 10.2. The van der Waals surface area contributed by atoms with E-state index in [4.69, 9.17) is 23.2 Å². The van der Waals surface area contributed by atoms with Crippen LogP contribution in [0.1, 0.15) is 10.5 Å². The molecule has 0 radical (unpaired) electrons. The number of sulfonamides is 1. The van der Waals surface area contributed by atoms with Crippen LogP contribution in [0.15, 0.2) is 34.7 Å². The van der Waals surface area contributed by atoms with E-state index in [0.29, 0.717) is 11.3 Å². The largest absolute Gasteiger partial charge is 0.333 e. The maximum absolute atomic E-state index is 13.9. The van der Waals surface area contributed by atoms with Gasteiger partial charge in [0.15, 0.2) is 0 Å². The molecule has 3 aromatic rings. The van der Waals surface area contributed by atoms with Gasteiger partial charge in [-0.25, -0.2) is 26.9 Å². The van der Waals surface area contributed by atoms with Crippen LogP contribution in [0.25, 0.3) is 11.4 Å². The molecule has 0 aliphatic heterocycles. The highest BCUT2D eigenvalue weighted by Crippen LogP contribution is 2.34. The molecular weight excluding hydrogens is 443 g/mol. The number of aromatic nitrogens is 2. The first-order chi connectivity index (χ1) is 12.6. The summed E-state index contributed by atoms with van der Waals surface area (Å²) in [6.07, 6.45) is 1.15. The molecule has 0 saturated carbocycles. The molecular formula is C15H9Cl2F2N3O3S2. The van der Waals surface area contributed by atoms with Crippen LogP contribution in [-0.4, -0.2) is 23.9 Å². The van der Waals surface area contributed by atoms with Crippen molar-refractivity contribution in [1.82, 2.24) is 14.3 Å². The van der Waals surface area contributed by atoms with Gasteiger partial charge in [0, 0.05) is 13.2 Å². The summed E-state index contributed by atoms with van der Waals surface area (Å²) < 4.78 is 55.2. The van der Waals surface area contributed by atoms with E-state index in [9.17, 15) is 22.0 Å². The molecule has 2 aromatic heterocycles. The molecule has 0 saturated heterocycles. The monoisotopic (exact) mass is 451 g/mol. The maximum Gasteiger partial charge on any atom is 0.285 e. The molecule has 0 aliphatic rings. The molecule has 0 atom stereocenters. The van der Waals surface area contributed by atoms with Gasteiger partial charge in [-0.15, -0.1) is 11.3 Å². The molecule has 2 heterocycles. The topological polar surface area (TPSA) is 81.1 Å². The molecule has 0 spiro atoms. The smallest absolute Gasteiger partial charge is 0.285 e. The SMILES string of the molecule is Cn1cc(C(=O)NS(=O)(=O)c2cc(Cl)c(Cl)s2)nc1-c1c(F)cccc1F. The first-order valence-corrected chi connectivity index (χ1v) is 10.2. The average Bonchev–Trinajstić information content (AvgIpc) is 3.11. The second-order valence-corrected chi connectivity index (χ2v) is 9.25. The zero-order chi connectivity index (χ0) is 19.9. The number of nitrogens with zero attached hydrogens (tertiary/aromatic N) is 2. The predicted octanol–water partition coefficient (Wildman–Crippen LogP) is 3.85. The van der Waals surface area contributed by atoms with Crippen LogP contribution in [0.5, 0.6) is 0 Å². The quantitative estimate of drug-likeness (QED) is 0.652. The highest BCUT2D eigenvalue weighted by molar-refractivity contribution is 7.92. The molecule has 0 bridgehead atoms. The predicted molar refractivity (Wildman–Crippen MR) is 97.6 cm³/mol. The summed E-state index contributed by atoms with van der Waals surface area (Å²) in [6, 6.07) is 4.38. The fourth-order valence-corrected chi connectivity index (χ4v) is 5.04. The number of carbonyl (C=O) groups is 1. The third-order valence-electron chi connectivity index (χ3n) is 3.41. The lowest BCUT2D eigenvalue weighted by Gasteiger charge is -2.04. The Balaban J connectivity index is 1.93.